The zero-order valence-electron chi connectivity index (χ0n) is 12.3. The van der Waals surface area contributed by atoms with Crippen LogP contribution in [0.5, 0.6) is 0 Å². The number of aromatic nitrogens is 2. The van der Waals surface area contributed by atoms with Crippen molar-refractivity contribution in [3.8, 4) is 0 Å². The van der Waals surface area contributed by atoms with Crippen LogP contribution in [0.25, 0.3) is 0 Å². The molecule has 19 heavy (non-hydrogen) atoms. The van der Waals surface area contributed by atoms with Crippen LogP contribution in [0.3, 0.4) is 0 Å². The minimum Gasteiger partial charge on any atom is -0.271 e. The summed E-state index contributed by atoms with van der Waals surface area (Å²) in [6.07, 6.45) is 10.9. The maximum atomic E-state index is 5.76. The highest BCUT2D eigenvalue weighted by Crippen LogP contribution is 2.27. The standard InChI is InChI=1S/C15H28N4/c1-3-12(2)19-10-9-14(18-19)11-15(17-16)13-7-5-4-6-8-13/h9-10,12-13,15,17H,3-8,11,16H2,1-2H3. The van der Waals surface area contributed by atoms with E-state index in [0.717, 1.165) is 18.5 Å². The second kappa shape index (κ2) is 7.06. The van der Waals surface area contributed by atoms with Crippen LogP contribution in [-0.2, 0) is 6.42 Å². The molecule has 3 N–H and O–H groups in total. The van der Waals surface area contributed by atoms with E-state index in [4.69, 9.17) is 5.84 Å². The van der Waals surface area contributed by atoms with Crippen molar-refractivity contribution in [2.24, 2.45) is 11.8 Å². The first-order valence-corrected chi connectivity index (χ1v) is 7.74. The van der Waals surface area contributed by atoms with Crippen molar-refractivity contribution in [3.63, 3.8) is 0 Å². The molecule has 2 unspecified atom stereocenters. The van der Waals surface area contributed by atoms with Gasteiger partial charge < -0.3 is 0 Å². The van der Waals surface area contributed by atoms with Gasteiger partial charge in [0.1, 0.15) is 0 Å². The van der Waals surface area contributed by atoms with E-state index in [9.17, 15) is 0 Å². The van der Waals surface area contributed by atoms with E-state index in [-0.39, 0.29) is 0 Å². The zero-order valence-corrected chi connectivity index (χ0v) is 12.3. The van der Waals surface area contributed by atoms with Crippen molar-refractivity contribution in [2.75, 3.05) is 0 Å². The number of rotatable bonds is 6. The number of hydrogen-bond acceptors (Lipinski definition) is 3. The van der Waals surface area contributed by atoms with Gasteiger partial charge in [0, 0.05) is 24.7 Å². The monoisotopic (exact) mass is 264 g/mol. The first-order chi connectivity index (χ1) is 9.24. The fourth-order valence-electron chi connectivity index (χ4n) is 3.04. The van der Waals surface area contributed by atoms with E-state index in [2.05, 4.69) is 41.3 Å². The number of nitrogens with zero attached hydrogens (tertiary/aromatic N) is 2. The molecule has 1 aliphatic carbocycles. The predicted octanol–water partition coefficient (Wildman–Crippen LogP) is 2.81. The molecule has 1 aliphatic rings. The summed E-state index contributed by atoms with van der Waals surface area (Å²) in [6.45, 7) is 4.40. The molecule has 0 aromatic carbocycles. The van der Waals surface area contributed by atoms with E-state index >= 15 is 0 Å². The quantitative estimate of drug-likeness (QED) is 0.613. The first kappa shape index (κ1) is 14.5. The third kappa shape index (κ3) is 3.80. The third-order valence-electron chi connectivity index (χ3n) is 4.57. The molecule has 0 radical (unpaired) electrons. The molecule has 2 atom stereocenters. The van der Waals surface area contributed by atoms with Crippen LogP contribution in [0.15, 0.2) is 12.3 Å². The van der Waals surface area contributed by atoms with Gasteiger partial charge >= 0.3 is 0 Å². The summed E-state index contributed by atoms with van der Waals surface area (Å²) in [5.74, 6) is 6.47. The van der Waals surface area contributed by atoms with Crippen LogP contribution in [0.2, 0.25) is 0 Å². The average Bonchev–Trinajstić information content (AvgIpc) is 2.93. The smallest absolute Gasteiger partial charge is 0.0640 e. The van der Waals surface area contributed by atoms with E-state index in [1.165, 1.54) is 32.1 Å². The summed E-state index contributed by atoms with van der Waals surface area (Å²) < 4.78 is 2.07. The van der Waals surface area contributed by atoms with Crippen LogP contribution < -0.4 is 11.3 Å². The van der Waals surface area contributed by atoms with Crippen molar-refractivity contribution in [1.82, 2.24) is 15.2 Å². The van der Waals surface area contributed by atoms with Crippen molar-refractivity contribution in [2.45, 2.75) is 70.9 Å². The van der Waals surface area contributed by atoms with Crippen LogP contribution in [0.4, 0.5) is 0 Å². The second-order valence-corrected chi connectivity index (χ2v) is 5.92. The van der Waals surface area contributed by atoms with E-state index < -0.39 is 0 Å². The summed E-state index contributed by atoms with van der Waals surface area (Å²) in [4.78, 5) is 0. The highest BCUT2D eigenvalue weighted by molar-refractivity contribution is 5.03. The Balaban J connectivity index is 1.95. The molecule has 0 aliphatic heterocycles. The van der Waals surface area contributed by atoms with E-state index in [0.29, 0.717) is 18.0 Å². The minimum absolute atomic E-state index is 0.376. The van der Waals surface area contributed by atoms with Crippen molar-refractivity contribution in [3.05, 3.63) is 18.0 Å². The van der Waals surface area contributed by atoms with Crippen LogP contribution in [0, 0.1) is 5.92 Å². The van der Waals surface area contributed by atoms with Crippen molar-refractivity contribution < 1.29 is 0 Å². The maximum absolute atomic E-state index is 5.76. The molecule has 2 rings (SSSR count). The lowest BCUT2D eigenvalue weighted by molar-refractivity contribution is 0.267. The Hall–Kier alpha value is -0.870. The second-order valence-electron chi connectivity index (χ2n) is 5.92. The molecule has 1 fully saturated rings. The van der Waals surface area contributed by atoms with Gasteiger partial charge in [-0.05, 0) is 38.2 Å². The summed E-state index contributed by atoms with van der Waals surface area (Å²) in [7, 11) is 0. The van der Waals surface area contributed by atoms with Gasteiger partial charge in [0.25, 0.3) is 0 Å². The van der Waals surface area contributed by atoms with Crippen molar-refractivity contribution >= 4 is 0 Å². The molecule has 4 nitrogen and oxygen atoms in total. The maximum Gasteiger partial charge on any atom is 0.0640 e. The Morgan fingerprint density at radius 2 is 2.16 bits per heavy atom. The first-order valence-electron chi connectivity index (χ1n) is 7.74. The van der Waals surface area contributed by atoms with E-state index in [1.807, 2.05) is 0 Å². The molecule has 0 saturated heterocycles. The normalized spacial score (nSPS) is 20.4. The third-order valence-corrected chi connectivity index (χ3v) is 4.57. The largest absolute Gasteiger partial charge is 0.271 e. The summed E-state index contributed by atoms with van der Waals surface area (Å²) in [5, 5.41) is 4.68. The number of hydrogen-bond donors (Lipinski definition) is 2. The number of nitrogens with one attached hydrogen (secondary N) is 1. The molecule has 1 aromatic rings. The predicted molar refractivity (Wildman–Crippen MR) is 78.6 cm³/mol. The zero-order chi connectivity index (χ0) is 13.7. The number of nitrogens with two attached hydrogens (primary N) is 1. The van der Waals surface area contributed by atoms with Gasteiger partial charge in [-0.1, -0.05) is 26.2 Å². The van der Waals surface area contributed by atoms with Crippen LogP contribution in [-0.4, -0.2) is 15.8 Å². The van der Waals surface area contributed by atoms with Gasteiger partial charge in [-0.25, -0.2) is 0 Å². The highest BCUT2D eigenvalue weighted by atomic mass is 15.3. The summed E-state index contributed by atoms with van der Waals surface area (Å²) >= 11 is 0. The van der Waals surface area contributed by atoms with E-state index in [1.54, 1.807) is 0 Å². The Bertz CT molecular complexity index is 368. The molecule has 0 spiro atoms. The highest BCUT2D eigenvalue weighted by Gasteiger charge is 2.23. The fourth-order valence-corrected chi connectivity index (χ4v) is 3.04. The lowest BCUT2D eigenvalue weighted by Crippen LogP contribution is -2.43. The van der Waals surface area contributed by atoms with Crippen LogP contribution >= 0.6 is 0 Å². The summed E-state index contributed by atoms with van der Waals surface area (Å²) in [6, 6.07) is 2.99. The van der Waals surface area contributed by atoms with Gasteiger partial charge in [-0.3, -0.25) is 16.0 Å². The van der Waals surface area contributed by atoms with Crippen molar-refractivity contribution in [1.29, 1.82) is 0 Å². The van der Waals surface area contributed by atoms with Crippen LogP contribution in [0.1, 0.15) is 64.1 Å². The fraction of sp³-hybridized carbons (Fsp3) is 0.800. The van der Waals surface area contributed by atoms with Gasteiger partial charge in [-0.15, -0.1) is 0 Å². The number of hydrazine groups is 1. The molecule has 1 saturated carbocycles. The SMILES string of the molecule is CCC(C)n1ccc(CC(NN)C2CCCCC2)n1. The Morgan fingerprint density at radius 1 is 1.42 bits per heavy atom. The van der Waals surface area contributed by atoms with Gasteiger partial charge in [0.2, 0.25) is 0 Å². The molecule has 0 amide bonds. The van der Waals surface area contributed by atoms with Gasteiger partial charge in [-0.2, -0.15) is 5.10 Å². The molecular formula is C15H28N4. The average molecular weight is 264 g/mol. The molecule has 108 valence electrons. The molecule has 1 heterocycles. The van der Waals surface area contributed by atoms with Gasteiger partial charge in [0.15, 0.2) is 0 Å². The molecule has 0 bridgehead atoms. The van der Waals surface area contributed by atoms with Gasteiger partial charge in [0.05, 0.1) is 5.69 Å². The summed E-state index contributed by atoms with van der Waals surface area (Å²) in [5.41, 5.74) is 4.18. The molecule has 1 aromatic heterocycles. The lowest BCUT2D eigenvalue weighted by Gasteiger charge is -2.29. The minimum atomic E-state index is 0.376. The molecular weight excluding hydrogens is 236 g/mol. The Morgan fingerprint density at radius 3 is 2.79 bits per heavy atom. The topological polar surface area (TPSA) is 55.9 Å². The Labute approximate surface area is 116 Å². The Kier molecular flexibility index (Phi) is 5.40. The molecule has 4 heteroatoms. The lowest BCUT2D eigenvalue weighted by atomic mass is 9.82.